The molecule has 1 N–H and O–H groups in total. The standard InChI is InChI=1S/C9H11FO4/c1-2-14-8(13)9(10)6-4(11)3-5(12)7(6)9/h4,6-7,11H,2-3H2,1H3/t4?,6-,7+,9-/m0/s1. The molecule has 2 saturated carbocycles. The van der Waals surface area contributed by atoms with Gasteiger partial charge in [0, 0.05) is 12.3 Å². The number of carbonyl (C=O) groups excluding carboxylic acids is 2. The molecule has 2 rings (SSSR count). The van der Waals surface area contributed by atoms with Gasteiger partial charge in [0.25, 0.3) is 0 Å². The molecule has 14 heavy (non-hydrogen) atoms. The van der Waals surface area contributed by atoms with E-state index >= 15 is 0 Å². The van der Waals surface area contributed by atoms with Gasteiger partial charge in [-0.3, -0.25) is 4.79 Å². The van der Waals surface area contributed by atoms with Gasteiger partial charge < -0.3 is 9.84 Å². The van der Waals surface area contributed by atoms with Gasteiger partial charge in [-0.1, -0.05) is 0 Å². The first kappa shape index (κ1) is 9.58. The molecule has 1 unspecified atom stereocenters. The van der Waals surface area contributed by atoms with Gasteiger partial charge in [-0.15, -0.1) is 0 Å². The normalized spacial score (nSPS) is 44.8. The van der Waals surface area contributed by atoms with Crippen molar-refractivity contribution in [2.45, 2.75) is 25.1 Å². The van der Waals surface area contributed by atoms with Gasteiger partial charge in [0.05, 0.1) is 18.6 Å². The van der Waals surface area contributed by atoms with E-state index in [-0.39, 0.29) is 18.8 Å². The van der Waals surface area contributed by atoms with Crippen LogP contribution in [0.1, 0.15) is 13.3 Å². The van der Waals surface area contributed by atoms with Crippen LogP contribution in [-0.2, 0) is 14.3 Å². The Kier molecular flexibility index (Phi) is 1.89. The number of Topliss-reactive ketones (excluding diaryl/α,β-unsaturated/α-hetero) is 1. The fraction of sp³-hybridized carbons (Fsp3) is 0.778. The van der Waals surface area contributed by atoms with Crippen molar-refractivity contribution >= 4 is 11.8 Å². The SMILES string of the molecule is CCOC(=O)[C@@]1(F)[C@@H]2C(=O)CC(O)[C@@H]21. The van der Waals surface area contributed by atoms with Gasteiger partial charge in [-0.2, -0.15) is 0 Å². The van der Waals surface area contributed by atoms with Gasteiger partial charge in [0.2, 0.25) is 5.67 Å². The summed E-state index contributed by atoms with van der Waals surface area (Å²) in [6.07, 6.45) is -1.07. The Balaban J connectivity index is 2.15. The summed E-state index contributed by atoms with van der Waals surface area (Å²) in [6.45, 7) is 1.64. The Bertz CT molecular complexity index is 303. The van der Waals surface area contributed by atoms with Crippen molar-refractivity contribution < 1.29 is 23.8 Å². The van der Waals surface area contributed by atoms with Crippen molar-refractivity contribution in [3.05, 3.63) is 0 Å². The second-order valence-electron chi connectivity index (χ2n) is 3.73. The minimum atomic E-state index is -2.25. The third-order valence-corrected chi connectivity index (χ3v) is 2.95. The Morgan fingerprint density at radius 1 is 1.79 bits per heavy atom. The lowest BCUT2D eigenvalue weighted by Gasteiger charge is -2.12. The van der Waals surface area contributed by atoms with Crippen LogP contribution in [0.3, 0.4) is 0 Å². The molecule has 0 bridgehead atoms. The molecule has 0 aliphatic heterocycles. The maximum atomic E-state index is 13.8. The number of hydrogen-bond acceptors (Lipinski definition) is 4. The number of halogens is 1. The van der Waals surface area contributed by atoms with Crippen LogP contribution in [0.5, 0.6) is 0 Å². The van der Waals surface area contributed by atoms with Gasteiger partial charge in [-0.25, -0.2) is 9.18 Å². The largest absolute Gasteiger partial charge is 0.464 e. The van der Waals surface area contributed by atoms with Gasteiger partial charge in [0.15, 0.2) is 0 Å². The van der Waals surface area contributed by atoms with E-state index in [9.17, 15) is 19.1 Å². The van der Waals surface area contributed by atoms with Crippen molar-refractivity contribution in [1.29, 1.82) is 0 Å². The molecule has 0 aromatic heterocycles. The lowest BCUT2D eigenvalue weighted by atomic mass is 10.1. The van der Waals surface area contributed by atoms with Crippen molar-refractivity contribution in [2.24, 2.45) is 11.8 Å². The first-order valence-electron chi connectivity index (χ1n) is 4.60. The van der Waals surface area contributed by atoms with Crippen LogP contribution in [0.25, 0.3) is 0 Å². The summed E-state index contributed by atoms with van der Waals surface area (Å²) in [4.78, 5) is 22.3. The van der Waals surface area contributed by atoms with Crippen LogP contribution in [0.2, 0.25) is 0 Å². The van der Waals surface area contributed by atoms with Gasteiger partial charge in [0.1, 0.15) is 5.78 Å². The van der Waals surface area contributed by atoms with Crippen LogP contribution in [0.4, 0.5) is 4.39 Å². The lowest BCUT2D eigenvalue weighted by molar-refractivity contribution is -0.154. The summed E-state index contributed by atoms with van der Waals surface area (Å²) in [7, 11) is 0. The number of fused-ring (bicyclic) bond motifs is 1. The zero-order valence-electron chi connectivity index (χ0n) is 7.70. The van der Waals surface area contributed by atoms with Crippen molar-refractivity contribution in [3.8, 4) is 0 Å². The summed E-state index contributed by atoms with van der Waals surface area (Å²) < 4.78 is 18.4. The van der Waals surface area contributed by atoms with E-state index in [0.29, 0.717) is 0 Å². The predicted molar refractivity (Wildman–Crippen MR) is 43.1 cm³/mol. The Labute approximate surface area is 80.0 Å². The zero-order chi connectivity index (χ0) is 10.5. The molecule has 0 aromatic carbocycles. The first-order chi connectivity index (χ1) is 6.53. The van der Waals surface area contributed by atoms with E-state index in [1.54, 1.807) is 6.92 Å². The van der Waals surface area contributed by atoms with Gasteiger partial charge in [-0.05, 0) is 6.92 Å². The summed E-state index contributed by atoms with van der Waals surface area (Å²) in [6, 6.07) is 0. The highest BCUT2D eigenvalue weighted by atomic mass is 19.1. The smallest absolute Gasteiger partial charge is 0.345 e. The molecule has 5 heteroatoms. The maximum absolute atomic E-state index is 13.8. The number of aliphatic hydroxyl groups excluding tert-OH is 1. The Morgan fingerprint density at radius 2 is 2.43 bits per heavy atom. The van der Waals surface area contributed by atoms with Crippen LogP contribution in [0.15, 0.2) is 0 Å². The average molecular weight is 202 g/mol. The molecule has 0 aromatic rings. The van der Waals surface area contributed by atoms with Crippen molar-refractivity contribution in [1.82, 2.24) is 0 Å². The quantitative estimate of drug-likeness (QED) is 0.632. The van der Waals surface area contributed by atoms with E-state index < -0.39 is 29.6 Å². The highest BCUT2D eigenvalue weighted by Crippen LogP contribution is 2.61. The number of ketones is 1. The number of ether oxygens (including phenoxy) is 1. The number of esters is 1. The Morgan fingerprint density at radius 3 is 2.86 bits per heavy atom. The number of alkyl halides is 1. The number of hydrogen-bond donors (Lipinski definition) is 1. The summed E-state index contributed by atoms with van der Waals surface area (Å²) >= 11 is 0. The predicted octanol–water partition coefficient (Wildman–Crippen LogP) is -0.163. The molecule has 0 saturated heterocycles. The fourth-order valence-electron chi connectivity index (χ4n) is 2.28. The number of carbonyl (C=O) groups is 2. The van der Waals surface area contributed by atoms with Crippen LogP contribution >= 0.6 is 0 Å². The summed E-state index contributed by atoms with van der Waals surface area (Å²) in [5.74, 6) is -3.22. The van der Waals surface area contributed by atoms with Crippen molar-refractivity contribution in [3.63, 3.8) is 0 Å². The van der Waals surface area contributed by atoms with E-state index in [2.05, 4.69) is 4.74 Å². The minimum absolute atomic E-state index is 0.0413. The van der Waals surface area contributed by atoms with Crippen LogP contribution in [0, 0.1) is 11.8 Å². The first-order valence-corrected chi connectivity index (χ1v) is 4.60. The average Bonchev–Trinajstić information content (AvgIpc) is 2.62. The minimum Gasteiger partial charge on any atom is -0.464 e. The topological polar surface area (TPSA) is 63.6 Å². The third kappa shape index (κ3) is 0.958. The molecule has 0 radical (unpaired) electrons. The Hall–Kier alpha value is -0.970. The number of aliphatic hydroxyl groups is 1. The molecular weight excluding hydrogens is 191 g/mol. The summed E-state index contributed by atoms with van der Waals surface area (Å²) in [5.41, 5.74) is -2.25. The van der Waals surface area contributed by atoms with Crippen molar-refractivity contribution in [2.75, 3.05) is 6.61 Å². The molecule has 0 heterocycles. The molecule has 2 aliphatic carbocycles. The maximum Gasteiger partial charge on any atom is 0.345 e. The van der Waals surface area contributed by atoms with E-state index in [1.807, 2.05) is 0 Å². The molecule has 4 nitrogen and oxygen atoms in total. The zero-order valence-corrected chi connectivity index (χ0v) is 7.70. The third-order valence-electron chi connectivity index (χ3n) is 2.95. The summed E-state index contributed by atoms with van der Waals surface area (Å²) in [5, 5.41) is 9.29. The second-order valence-corrected chi connectivity index (χ2v) is 3.73. The molecular formula is C9H11FO4. The van der Waals surface area contributed by atoms with Crippen LogP contribution in [-0.4, -0.2) is 35.2 Å². The van der Waals surface area contributed by atoms with Gasteiger partial charge >= 0.3 is 5.97 Å². The van der Waals surface area contributed by atoms with E-state index in [4.69, 9.17) is 0 Å². The molecule has 78 valence electrons. The molecule has 0 amide bonds. The molecule has 0 spiro atoms. The molecule has 2 fully saturated rings. The highest BCUT2D eigenvalue weighted by molar-refractivity contribution is 6.00. The fourth-order valence-corrected chi connectivity index (χ4v) is 2.28. The second kappa shape index (κ2) is 2.76. The van der Waals surface area contributed by atoms with Crippen LogP contribution < -0.4 is 0 Å². The monoisotopic (exact) mass is 202 g/mol. The lowest BCUT2D eigenvalue weighted by Crippen LogP contribution is -2.31. The highest BCUT2D eigenvalue weighted by Gasteiger charge is 2.80. The van der Waals surface area contributed by atoms with E-state index in [0.717, 1.165) is 0 Å². The molecule has 2 aliphatic rings. The van der Waals surface area contributed by atoms with E-state index in [1.165, 1.54) is 0 Å². The number of rotatable bonds is 2. The molecule has 4 atom stereocenters.